The summed E-state index contributed by atoms with van der Waals surface area (Å²) in [6.45, 7) is 4.36. The number of thioether (sulfide) groups is 2. The second-order valence-electron chi connectivity index (χ2n) is 4.74. The summed E-state index contributed by atoms with van der Waals surface area (Å²) in [7, 11) is 0. The fraction of sp³-hybridized carbons (Fsp3) is 0.917. The molecule has 4 heteroatoms. The lowest BCUT2D eigenvalue weighted by Crippen LogP contribution is -2.37. The molecular weight excluding hydrogens is 236 g/mol. The first-order valence-corrected chi connectivity index (χ1v) is 8.38. The molecule has 1 fully saturated rings. The van der Waals surface area contributed by atoms with Crippen LogP contribution in [-0.4, -0.2) is 34.5 Å². The normalized spacial score (nSPS) is 28.1. The molecule has 2 aliphatic rings. The van der Waals surface area contributed by atoms with Crippen LogP contribution in [0.2, 0.25) is 0 Å². The minimum Gasteiger partial charge on any atom is -0.364 e. The van der Waals surface area contributed by atoms with Crippen LogP contribution in [0.25, 0.3) is 0 Å². The molecular formula is C12H22N2S2. The first kappa shape index (κ1) is 12.6. The maximum atomic E-state index is 4.57. The van der Waals surface area contributed by atoms with Crippen LogP contribution in [-0.2, 0) is 0 Å². The van der Waals surface area contributed by atoms with Crippen LogP contribution in [0.3, 0.4) is 0 Å². The van der Waals surface area contributed by atoms with Gasteiger partial charge in [0.15, 0.2) is 5.17 Å². The molecule has 0 saturated heterocycles. The van der Waals surface area contributed by atoms with Gasteiger partial charge in [0.05, 0.1) is 6.54 Å². The standard InChI is InChI=1S/C12H22N2S2/c1-3-10-8-13-11(16-10)14-9-12(15-2)6-4-5-7-12/h10H,3-9H2,1-2H3,(H,13,14). The zero-order chi connectivity index (χ0) is 11.4. The Morgan fingerprint density at radius 2 is 2.25 bits per heavy atom. The average molecular weight is 258 g/mol. The molecule has 0 aromatic heterocycles. The number of rotatable bonds is 4. The second kappa shape index (κ2) is 5.67. The van der Waals surface area contributed by atoms with Crippen molar-refractivity contribution in [1.82, 2.24) is 5.32 Å². The Labute approximate surface area is 107 Å². The molecule has 0 bridgehead atoms. The lowest BCUT2D eigenvalue weighted by Gasteiger charge is -2.27. The summed E-state index contributed by atoms with van der Waals surface area (Å²) < 4.78 is 0.493. The predicted octanol–water partition coefficient (Wildman–Crippen LogP) is 3.13. The van der Waals surface area contributed by atoms with Crippen LogP contribution in [0.5, 0.6) is 0 Å². The van der Waals surface area contributed by atoms with Crippen molar-refractivity contribution in [3.05, 3.63) is 0 Å². The Bertz CT molecular complexity index is 260. The second-order valence-corrected chi connectivity index (χ2v) is 7.31. The molecule has 0 aromatic rings. The number of aliphatic imine (C=N–C) groups is 1. The van der Waals surface area contributed by atoms with Gasteiger partial charge in [0, 0.05) is 16.5 Å². The highest BCUT2D eigenvalue weighted by molar-refractivity contribution is 8.14. The smallest absolute Gasteiger partial charge is 0.156 e. The first-order chi connectivity index (χ1) is 7.78. The fourth-order valence-electron chi connectivity index (χ4n) is 2.44. The van der Waals surface area contributed by atoms with E-state index >= 15 is 0 Å². The Balaban J connectivity index is 1.79. The molecule has 92 valence electrons. The molecule has 1 heterocycles. The summed E-state index contributed by atoms with van der Waals surface area (Å²) in [6, 6.07) is 0. The first-order valence-electron chi connectivity index (χ1n) is 6.28. The zero-order valence-corrected chi connectivity index (χ0v) is 11.9. The number of hydrogen-bond donors (Lipinski definition) is 1. The molecule has 0 aromatic carbocycles. The topological polar surface area (TPSA) is 24.4 Å². The summed E-state index contributed by atoms with van der Waals surface area (Å²) in [5.41, 5.74) is 0. The molecule has 1 aliphatic heterocycles. The van der Waals surface area contributed by atoms with E-state index in [-0.39, 0.29) is 0 Å². The van der Waals surface area contributed by atoms with Gasteiger partial charge in [-0.1, -0.05) is 31.5 Å². The van der Waals surface area contributed by atoms with Crippen molar-refractivity contribution in [2.75, 3.05) is 19.3 Å². The van der Waals surface area contributed by atoms with E-state index in [4.69, 9.17) is 0 Å². The quantitative estimate of drug-likeness (QED) is 0.838. The monoisotopic (exact) mass is 258 g/mol. The zero-order valence-electron chi connectivity index (χ0n) is 10.3. The molecule has 0 radical (unpaired) electrons. The minimum atomic E-state index is 0.493. The van der Waals surface area contributed by atoms with Crippen molar-refractivity contribution >= 4 is 28.7 Å². The molecule has 1 aliphatic carbocycles. The summed E-state index contributed by atoms with van der Waals surface area (Å²) in [6.07, 6.45) is 9.03. The van der Waals surface area contributed by atoms with E-state index in [1.54, 1.807) is 0 Å². The van der Waals surface area contributed by atoms with E-state index in [0.717, 1.165) is 18.3 Å². The van der Waals surface area contributed by atoms with E-state index in [1.165, 1.54) is 37.3 Å². The molecule has 1 N–H and O–H groups in total. The largest absolute Gasteiger partial charge is 0.364 e. The van der Waals surface area contributed by atoms with Crippen LogP contribution in [0.15, 0.2) is 4.99 Å². The summed E-state index contributed by atoms with van der Waals surface area (Å²) in [4.78, 5) is 4.57. The molecule has 0 amide bonds. The van der Waals surface area contributed by atoms with Crippen molar-refractivity contribution < 1.29 is 0 Å². The van der Waals surface area contributed by atoms with Crippen LogP contribution in [0.4, 0.5) is 0 Å². The molecule has 1 atom stereocenters. The van der Waals surface area contributed by atoms with Crippen molar-refractivity contribution in [1.29, 1.82) is 0 Å². The third kappa shape index (κ3) is 2.89. The lowest BCUT2D eigenvalue weighted by atomic mass is 10.1. The average Bonchev–Trinajstić information content (AvgIpc) is 2.96. The fourth-order valence-corrected chi connectivity index (χ4v) is 4.29. The van der Waals surface area contributed by atoms with Gasteiger partial charge in [-0.25, -0.2) is 0 Å². The summed E-state index contributed by atoms with van der Waals surface area (Å²) in [5, 5.41) is 5.48. The van der Waals surface area contributed by atoms with Crippen molar-refractivity contribution in [3.63, 3.8) is 0 Å². The molecule has 2 rings (SSSR count). The van der Waals surface area contributed by atoms with E-state index in [0.29, 0.717) is 4.75 Å². The maximum absolute atomic E-state index is 4.57. The number of hydrogen-bond acceptors (Lipinski definition) is 4. The van der Waals surface area contributed by atoms with Crippen LogP contribution >= 0.6 is 23.5 Å². The Morgan fingerprint density at radius 3 is 2.81 bits per heavy atom. The predicted molar refractivity (Wildman–Crippen MR) is 76.7 cm³/mol. The molecule has 1 saturated carbocycles. The summed E-state index contributed by atoms with van der Waals surface area (Å²) >= 11 is 3.98. The minimum absolute atomic E-state index is 0.493. The Morgan fingerprint density at radius 1 is 1.50 bits per heavy atom. The number of nitrogens with zero attached hydrogens (tertiary/aromatic N) is 1. The highest BCUT2D eigenvalue weighted by atomic mass is 32.2. The highest BCUT2D eigenvalue weighted by Crippen LogP contribution is 2.39. The molecule has 2 nitrogen and oxygen atoms in total. The van der Waals surface area contributed by atoms with Crippen molar-refractivity contribution in [3.8, 4) is 0 Å². The van der Waals surface area contributed by atoms with Gasteiger partial charge in [-0.05, 0) is 25.5 Å². The van der Waals surface area contributed by atoms with Gasteiger partial charge in [-0.2, -0.15) is 11.8 Å². The van der Waals surface area contributed by atoms with Crippen LogP contribution in [0.1, 0.15) is 39.0 Å². The molecule has 0 spiro atoms. The number of amidine groups is 1. The van der Waals surface area contributed by atoms with Gasteiger partial charge >= 0.3 is 0 Å². The highest BCUT2D eigenvalue weighted by Gasteiger charge is 2.33. The molecule has 1 unspecified atom stereocenters. The Hall–Kier alpha value is 0.170. The third-order valence-corrected chi connectivity index (χ3v) is 6.41. The lowest BCUT2D eigenvalue weighted by molar-refractivity contribution is 0.593. The maximum Gasteiger partial charge on any atom is 0.156 e. The van der Waals surface area contributed by atoms with Gasteiger partial charge in [0.2, 0.25) is 0 Å². The van der Waals surface area contributed by atoms with Crippen molar-refractivity contribution in [2.45, 2.75) is 49.0 Å². The van der Waals surface area contributed by atoms with Crippen LogP contribution < -0.4 is 5.32 Å². The van der Waals surface area contributed by atoms with E-state index < -0.39 is 0 Å². The SMILES string of the molecule is CCC1CN=C(NCC2(SC)CCCC2)S1. The van der Waals surface area contributed by atoms with Gasteiger partial charge in [-0.15, -0.1) is 0 Å². The van der Waals surface area contributed by atoms with E-state index in [2.05, 4.69) is 23.5 Å². The van der Waals surface area contributed by atoms with E-state index in [9.17, 15) is 0 Å². The van der Waals surface area contributed by atoms with Crippen LogP contribution in [0, 0.1) is 0 Å². The van der Waals surface area contributed by atoms with Gasteiger partial charge in [0.1, 0.15) is 0 Å². The summed E-state index contributed by atoms with van der Waals surface area (Å²) in [5.74, 6) is 0. The number of nitrogens with one attached hydrogen (secondary N) is 1. The van der Waals surface area contributed by atoms with Crippen molar-refractivity contribution in [2.24, 2.45) is 4.99 Å². The third-order valence-electron chi connectivity index (χ3n) is 3.68. The Kier molecular flexibility index (Phi) is 4.48. The molecule has 16 heavy (non-hydrogen) atoms. The van der Waals surface area contributed by atoms with Gasteiger partial charge < -0.3 is 5.32 Å². The van der Waals surface area contributed by atoms with Gasteiger partial charge in [0.25, 0.3) is 0 Å². The van der Waals surface area contributed by atoms with E-state index in [1.807, 2.05) is 23.5 Å². The van der Waals surface area contributed by atoms with Gasteiger partial charge in [-0.3, -0.25) is 4.99 Å².